The molecule has 1 saturated heterocycles. The SMILES string of the molecule is Cl.Cl.O=C(Cc1csc(-c2ccccn2)n1)NCC1CNCC1O. The smallest absolute Gasteiger partial charge is 0.226 e. The minimum Gasteiger partial charge on any atom is -0.391 e. The highest BCUT2D eigenvalue weighted by atomic mass is 35.5. The molecule has 1 aliphatic heterocycles. The van der Waals surface area contributed by atoms with Crippen LogP contribution < -0.4 is 10.6 Å². The molecule has 3 N–H and O–H groups in total. The Morgan fingerprint density at radius 2 is 2.21 bits per heavy atom. The lowest BCUT2D eigenvalue weighted by Crippen LogP contribution is -2.35. The first-order valence-corrected chi connectivity index (χ1v) is 8.11. The lowest BCUT2D eigenvalue weighted by atomic mass is 10.1. The number of β-amino-alcohol motifs (C(OH)–C–C–N with tert-alkyl or cyclic N) is 1. The van der Waals surface area contributed by atoms with E-state index in [2.05, 4.69) is 20.6 Å². The molecule has 3 rings (SSSR count). The number of nitrogens with zero attached hydrogens (tertiary/aromatic N) is 2. The Morgan fingerprint density at radius 1 is 1.38 bits per heavy atom. The van der Waals surface area contributed by atoms with Gasteiger partial charge in [-0.3, -0.25) is 9.78 Å². The highest BCUT2D eigenvalue weighted by molar-refractivity contribution is 7.13. The first-order chi connectivity index (χ1) is 10.7. The Morgan fingerprint density at radius 3 is 2.88 bits per heavy atom. The number of aliphatic hydroxyl groups excluding tert-OH is 1. The highest BCUT2D eigenvalue weighted by Crippen LogP contribution is 2.21. The summed E-state index contributed by atoms with van der Waals surface area (Å²) >= 11 is 1.48. The Hall–Kier alpha value is -1.25. The van der Waals surface area contributed by atoms with E-state index in [9.17, 15) is 9.90 Å². The fraction of sp³-hybridized carbons (Fsp3) is 0.400. The molecule has 0 saturated carbocycles. The number of pyridine rings is 1. The van der Waals surface area contributed by atoms with Gasteiger partial charge in [0, 0.05) is 37.1 Å². The van der Waals surface area contributed by atoms with Gasteiger partial charge in [-0.1, -0.05) is 6.07 Å². The maximum atomic E-state index is 12.0. The van der Waals surface area contributed by atoms with Crippen molar-refractivity contribution >= 4 is 42.1 Å². The molecule has 132 valence electrons. The Bertz CT molecular complexity index is 641. The molecule has 2 aromatic heterocycles. The number of aliphatic hydroxyl groups is 1. The molecule has 2 unspecified atom stereocenters. The molecule has 0 aliphatic carbocycles. The number of carbonyl (C=O) groups is 1. The standard InChI is InChI=1S/C15H18N4O2S.2ClH/c20-13-8-16-6-10(13)7-18-14(21)5-11-9-22-15(19-11)12-3-1-2-4-17-12;;/h1-4,9-10,13,16,20H,5-8H2,(H,18,21);2*1H. The van der Waals surface area contributed by atoms with Crippen LogP contribution in [0.15, 0.2) is 29.8 Å². The van der Waals surface area contributed by atoms with Crippen molar-refractivity contribution < 1.29 is 9.90 Å². The summed E-state index contributed by atoms with van der Waals surface area (Å²) < 4.78 is 0. The van der Waals surface area contributed by atoms with Crippen LogP contribution in [0.5, 0.6) is 0 Å². The Labute approximate surface area is 156 Å². The van der Waals surface area contributed by atoms with Gasteiger partial charge < -0.3 is 15.7 Å². The molecule has 1 fully saturated rings. The monoisotopic (exact) mass is 390 g/mol. The van der Waals surface area contributed by atoms with Crippen molar-refractivity contribution in [2.45, 2.75) is 12.5 Å². The number of hydrogen-bond donors (Lipinski definition) is 3. The third-order valence-corrected chi connectivity index (χ3v) is 4.56. The van der Waals surface area contributed by atoms with E-state index in [1.54, 1.807) is 6.20 Å². The second-order valence-corrected chi connectivity index (χ2v) is 6.18. The van der Waals surface area contributed by atoms with Crippen molar-refractivity contribution in [1.82, 2.24) is 20.6 Å². The van der Waals surface area contributed by atoms with Gasteiger partial charge in [0.2, 0.25) is 5.91 Å². The summed E-state index contributed by atoms with van der Waals surface area (Å²) in [5.41, 5.74) is 1.56. The topological polar surface area (TPSA) is 87.1 Å². The molecule has 1 aliphatic rings. The molecular weight excluding hydrogens is 371 g/mol. The van der Waals surface area contributed by atoms with Crippen molar-refractivity contribution in [1.29, 1.82) is 0 Å². The van der Waals surface area contributed by atoms with Crippen LogP contribution in [0.3, 0.4) is 0 Å². The van der Waals surface area contributed by atoms with Crippen LogP contribution in [0, 0.1) is 5.92 Å². The number of nitrogens with one attached hydrogen (secondary N) is 2. The van der Waals surface area contributed by atoms with E-state index in [0.717, 1.165) is 22.9 Å². The third-order valence-electron chi connectivity index (χ3n) is 3.64. The summed E-state index contributed by atoms with van der Waals surface area (Å²) in [6, 6.07) is 5.67. The minimum atomic E-state index is -0.379. The fourth-order valence-electron chi connectivity index (χ4n) is 2.39. The van der Waals surface area contributed by atoms with Gasteiger partial charge in [0.15, 0.2) is 0 Å². The van der Waals surface area contributed by atoms with E-state index in [-0.39, 0.29) is 49.2 Å². The van der Waals surface area contributed by atoms with Gasteiger partial charge >= 0.3 is 0 Å². The Balaban J connectivity index is 0.00000144. The third kappa shape index (κ3) is 5.39. The molecule has 1 amide bonds. The molecule has 2 atom stereocenters. The van der Waals surface area contributed by atoms with E-state index in [4.69, 9.17) is 0 Å². The van der Waals surface area contributed by atoms with Crippen molar-refractivity contribution in [2.24, 2.45) is 5.92 Å². The van der Waals surface area contributed by atoms with Crippen LogP contribution >= 0.6 is 36.2 Å². The summed E-state index contributed by atoms with van der Waals surface area (Å²) in [6.07, 6.45) is 1.60. The molecule has 9 heteroatoms. The molecule has 0 aromatic carbocycles. The van der Waals surface area contributed by atoms with E-state index >= 15 is 0 Å². The van der Waals surface area contributed by atoms with E-state index in [1.807, 2.05) is 23.6 Å². The molecule has 24 heavy (non-hydrogen) atoms. The molecule has 6 nitrogen and oxygen atoms in total. The van der Waals surface area contributed by atoms with Gasteiger partial charge in [-0.15, -0.1) is 36.2 Å². The number of amides is 1. The van der Waals surface area contributed by atoms with E-state index in [0.29, 0.717) is 13.1 Å². The van der Waals surface area contributed by atoms with Crippen LogP contribution in [-0.2, 0) is 11.2 Å². The van der Waals surface area contributed by atoms with Gasteiger partial charge in [0.05, 0.1) is 23.9 Å². The zero-order valence-electron chi connectivity index (χ0n) is 12.8. The lowest BCUT2D eigenvalue weighted by molar-refractivity contribution is -0.120. The predicted molar refractivity (Wildman–Crippen MR) is 98.9 cm³/mol. The summed E-state index contributed by atoms with van der Waals surface area (Å²) in [6.45, 7) is 1.83. The maximum absolute atomic E-state index is 12.0. The number of rotatable bonds is 5. The molecular formula is C15H20Cl2N4O2S. The number of carbonyl (C=O) groups excluding carboxylic acids is 1. The van der Waals surface area contributed by atoms with Crippen LogP contribution in [-0.4, -0.2) is 46.7 Å². The van der Waals surface area contributed by atoms with E-state index < -0.39 is 0 Å². The molecule has 0 spiro atoms. The molecule has 2 aromatic rings. The maximum Gasteiger partial charge on any atom is 0.226 e. The van der Waals surface area contributed by atoms with Crippen LogP contribution in [0.4, 0.5) is 0 Å². The van der Waals surface area contributed by atoms with Crippen LogP contribution in [0.25, 0.3) is 10.7 Å². The van der Waals surface area contributed by atoms with Gasteiger partial charge in [0.1, 0.15) is 5.01 Å². The fourth-order valence-corrected chi connectivity index (χ4v) is 3.19. The molecule has 3 heterocycles. The molecule has 0 bridgehead atoms. The first kappa shape index (κ1) is 20.8. The quantitative estimate of drug-likeness (QED) is 0.715. The van der Waals surface area contributed by atoms with Crippen molar-refractivity contribution in [2.75, 3.05) is 19.6 Å². The second kappa shape index (κ2) is 9.90. The van der Waals surface area contributed by atoms with E-state index in [1.165, 1.54) is 11.3 Å². The normalized spacial score (nSPS) is 19.2. The van der Waals surface area contributed by atoms with Crippen LogP contribution in [0.2, 0.25) is 0 Å². The predicted octanol–water partition coefficient (Wildman–Crippen LogP) is 1.29. The summed E-state index contributed by atoms with van der Waals surface area (Å²) in [7, 11) is 0. The number of hydrogen-bond acceptors (Lipinski definition) is 6. The molecule has 0 radical (unpaired) electrons. The van der Waals surface area contributed by atoms with Gasteiger partial charge in [-0.2, -0.15) is 0 Å². The van der Waals surface area contributed by atoms with Crippen molar-refractivity contribution in [3.63, 3.8) is 0 Å². The first-order valence-electron chi connectivity index (χ1n) is 7.23. The number of aromatic nitrogens is 2. The zero-order valence-corrected chi connectivity index (χ0v) is 15.3. The Kier molecular flexibility index (Phi) is 8.58. The van der Waals surface area contributed by atoms with Gasteiger partial charge in [0.25, 0.3) is 0 Å². The minimum absolute atomic E-state index is 0. The summed E-state index contributed by atoms with van der Waals surface area (Å²) in [4.78, 5) is 20.7. The lowest BCUT2D eigenvalue weighted by Gasteiger charge is -2.13. The number of thiazole rings is 1. The van der Waals surface area contributed by atoms with Crippen molar-refractivity contribution in [3.05, 3.63) is 35.5 Å². The second-order valence-electron chi connectivity index (χ2n) is 5.33. The number of halogens is 2. The average molecular weight is 391 g/mol. The summed E-state index contributed by atoms with van der Waals surface area (Å²) in [5.74, 6) is 0.0143. The zero-order chi connectivity index (χ0) is 15.4. The average Bonchev–Trinajstić information content (AvgIpc) is 3.15. The highest BCUT2D eigenvalue weighted by Gasteiger charge is 2.25. The van der Waals surface area contributed by atoms with Crippen LogP contribution in [0.1, 0.15) is 5.69 Å². The largest absolute Gasteiger partial charge is 0.391 e. The summed E-state index contributed by atoms with van der Waals surface area (Å²) in [5, 5.41) is 18.4. The van der Waals surface area contributed by atoms with Gasteiger partial charge in [-0.05, 0) is 12.1 Å². The van der Waals surface area contributed by atoms with Crippen molar-refractivity contribution in [3.8, 4) is 10.7 Å². The van der Waals surface area contributed by atoms with Gasteiger partial charge in [-0.25, -0.2) is 4.98 Å².